The Morgan fingerprint density at radius 1 is 0.897 bits per heavy atom. The van der Waals surface area contributed by atoms with Crippen molar-refractivity contribution in [2.75, 3.05) is 5.32 Å². The number of carbonyl (C=O) groups excluding carboxylic acids is 1. The van der Waals surface area contributed by atoms with E-state index in [1.165, 1.54) is 0 Å². The minimum atomic E-state index is -0.446. The molecule has 2 heterocycles. The van der Waals surface area contributed by atoms with E-state index in [1.807, 2.05) is 78.9 Å². The number of hydrogen-bond donors (Lipinski definition) is 1. The molecule has 0 bridgehead atoms. The molecule has 1 aromatic heterocycles. The second-order valence-electron chi connectivity index (χ2n) is 6.75. The van der Waals surface area contributed by atoms with Crippen molar-refractivity contribution >= 4 is 34.4 Å². The molecule has 3 aromatic carbocycles. The van der Waals surface area contributed by atoms with Gasteiger partial charge in [0.15, 0.2) is 0 Å². The molecule has 1 N–H and O–H groups in total. The number of rotatable bonds is 4. The van der Waals surface area contributed by atoms with Crippen LogP contribution in [0.25, 0.3) is 10.9 Å². The number of ether oxygens (including phenoxy) is 1. The minimum Gasteiger partial charge on any atom is -0.457 e. The van der Waals surface area contributed by atoms with E-state index in [9.17, 15) is 4.79 Å². The predicted molar refractivity (Wildman–Crippen MR) is 114 cm³/mol. The molecule has 0 fully saturated rings. The number of para-hydroxylation sites is 1. The van der Waals surface area contributed by atoms with Crippen molar-refractivity contribution in [2.45, 2.75) is 5.92 Å². The number of fused-ring (bicyclic) bond motifs is 3. The van der Waals surface area contributed by atoms with Gasteiger partial charge >= 0.3 is 0 Å². The maximum absolute atomic E-state index is 12.5. The van der Waals surface area contributed by atoms with Gasteiger partial charge < -0.3 is 10.1 Å². The predicted octanol–water partition coefficient (Wildman–Crippen LogP) is 5.47. The Labute approximate surface area is 167 Å². The molecule has 0 radical (unpaired) electrons. The average Bonchev–Trinajstić information content (AvgIpc) is 3.09. The van der Waals surface area contributed by atoms with Gasteiger partial charge in [-0.3, -0.25) is 14.8 Å². The molecule has 5 nitrogen and oxygen atoms in total. The van der Waals surface area contributed by atoms with Crippen molar-refractivity contribution in [3.8, 4) is 11.5 Å². The summed E-state index contributed by atoms with van der Waals surface area (Å²) in [6.07, 6.45) is 3.45. The lowest BCUT2D eigenvalue weighted by Crippen LogP contribution is -2.13. The van der Waals surface area contributed by atoms with Crippen LogP contribution in [-0.2, 0) is 4.79 Å². The molecule has 0 spiro atoms. The molecule has 5 rings (SSSR count). The van der Waals surface area contributed by atoms with E-state index < -0.39 is 5.92 Å². The third-order valence-electron chi connectivity index (χ3n) is 4.87. The summed E-state index contributed by atoms with van der Waals surface area (Å²) in [6.45, 7) is 0. The molecule has 1 aliphatic heterocycles. The van der Waals surface area contributed by atoms with Gasteiger partial charge in [0.25, 0.3) is 0 Å². The summed E-state index contributed by atoms with van der Waals surface area (Å²) in [7, 11) is 0. The normalized spacial score (nSPS) is 15.4. The van der Waals surface area contributed by atoms with Gasteiger partial charge in [-0.25, -0.2) is 0 Å². The van der Waals surface area contributed by atoms with Crippen LogP contribution in [0.3, 0.4) is 0 Å². The third-order valence-corrected chi connectivity index (χ3v) is 4.87. The first-order valence-electron chi connectivity index (χ1n) is 9.33. The van der Waals surface area contributed by atoms with Crippen LogP contribution >= 0.6 is 0 Å². The van der Waals surface area contributed by atoms with Gasteiger partial charge in [-0.1, -0.05) is 24.3 Å². The van der Waals surface area contributed by atoms with Crippen LogP contribution in [0.15, 0.2) is 90.1 Å². The Bertz CT molecular complexity index is 1220. The molecule has 0 saturated carbocycles. The van der Waals surface area contributed by atoms with E-state index in [-0.39, 0.29) is 5.91 Å². The zero-order chi connectivity index (χ0) is 19.6. The van der Waals surface area contributed by atoms with Crippen molar-refractivity contribution < 1.29 is 9.53 Å². The molecule has 1 atom stereocenters. The van der Waals surface area contributed by atoms with Crippen LogP contribution < -0.4 is 10.1 Å². The fourth-order valence-corrected chi connectivity index (χ4v) is 3.49. The number of carbonyl (C=O) groups is 1. The maximum Gasteiger partial charge on any atom is 0.237 e. The number of benzene rings is 3. The molecule has 0 saturated heterocycles. The lowest BCUT2D eigenvalue weighted by Gasteiger charge is -2.07. The average molecular weight is 379 g/mol. The lowest BCUT2D eigenvalue weighted by molar-refractivity contribution is -0.115. The highest BCUT2D eigenvalue weighted by Crippen LogP contribution is 2.37. The first kappa shape index (κ1) is 17.1. The van der Waals surface area contributed by atoms with E-state index in [0.29, 0.717) is 0 Å². The minimum absolute atomic E-state index is 0.0795. The molecule has 140 valence electrons. The number of hydrogen-bond acceptors (Lipinski definition) is 4. The van der Waals surface area contributed by atoms with Crippen LogP contribution in [0.2, 0.25) is 0 Å². The number of pyridine rings is 1. The van der Waals surface area contributed by atoms with Gasteiger partial charge in [-0.05, 0) is 54.6 Å². The summed E-state index contributed by atoms with van der Waals surface area (Å²) in [5.74, 6) is 0.988. The lowest BCUT2D eigenvalue weighted by atomic mass is 9.97. The number of amides is 1. The first-order valence-corrected chi connectivity index (χ1v) is 9.33. The number of aromatic nitrogens is 1. The van der Waals surface area contributed by atoms with E-state index in [2.05, 4.69) is 15.3 Å². The first-order chi connectivity index (χ1) is 14.3. The van der Waals surface area contributed by atoms with E-state index in [0.717, 1.165) is 39.3 Å². The molecule has 1 unspecified atom stereocenters. The Kier molecular flexibility index (Phi) is 4.26. The molecule has 29 heavy (non-hydrogen) atoms. The maximum atomic E-state index is 12.5. The molecular weight excluding hydrogens is 362 g/mol. The second-order valence-corrected chi connectivity index (χ2v) is 6.75. The van der Waals surface area contributed by atoms with Crippen LogP contribution in [0, 0.1) is 0 Å². The van der Waals surface area contributed by atoms with E-state index in [1.54, 1.807) is 12.4 Å². The zero-order valence-corrected chi connectivity index (χ0v) is 15.4. The summed E-state index contributed by atoms with van der Waals surface area (Å²) in [6, 6.07) is 24.7. The van der Waals surface area contributed by atoms with Gasteiger partial charge in [0.1, 0.15) is 17.4 Å². The number of aliphatic imine (C=N–C) groups is 1. The highest BCUT2D eigenvalue weighted by molar-refractivity contribution is 6.16. The number of nitrogens with one attached hydrogen (secondary N) is 1. The Morgan fingerprint density at radius 2 is 1.69 bits per heavy atom. The standard InChI is InChI=1S/C24H17N3O2/c28-24-20(23-19-7-4-14-25-21(19)12-13-22(23)27-24)15-26-16-8-10-18(11-9-16)29-17-5-2-1-3-6-17/h1-15,20H,(H,27,28). The number of nitrogens with zero attached hydrogens (tertiary/aromatic N) is 2. The second kappa shape index (κ2) is 7.20. The summed E-state index contributed by atoms with van der Waals surface area (Å²) < 4.78 is 5.80. The molecule has 5 heteroatoms. The van der Waals surface area contributed by atoms with Gasteiger partial charge in [0.2, 0.25) is 5.91 Å². The summed E-state index contributed by atoms with van der Waals surface area (Å²) in [5, 5.41) is 3.90. The summed E-state index contributed by atoms with van der Waals surface area (Å²) in [4.78, 5) is 21.4. The van der Waals surface area contributed by atoms with Crippen LogP contribution in [0.1, 0.15) is 11.5 Å². The van der Waals surface area contributed by atoms with Crippen molar-refractivity contribution in [3.63, 3.8) is 0 Å². The van der Waals surface area contributed by atoms with Gasteiger partial charge in [-0.2, -0.15) is 0 Å². The van der Waals surface area contributed by atoms with E-state index in [4.69, 9.17) is 4.74 Å². The number of anilines is 1. The fraction of sp³-hybridized carbons (Fsp3) is 0.0417. The largest absolute Gasteiger partial charge is 0.457 e. The van der Waals surface area contributed by atoms with Gasteiger partial charge in [-0.15, -0.1) is 0 Å². The summed E-state index contributed by atoms with van der Waals surface area (Å²) in [5.41, 5.74) is 3.36. The highest BCUT2D eigenvalue weighted by Gasteiger charge is 2.31. The van der Waals surface area contributed by atoms with Crippen LogP contribution in [0.5, 0.6) is 11.5 Å². The zero-order valence-electron chi connectivity index (χ0n) is 15.4. The van der Waals surface area contributed by atoms with Crippen LogP contribution in [-0.4, -0.2) is 17.1 Å². The third kappa shape index (κ3) is 3.34. The molecule has 0 aliphatic carbocycles. The smallest absolute Gasteiger partial charge is 0.237 e. The molecule has 4 aromatic rings. The van der Waals surface area contributed by atoms with Crippen molar-refractivity contribution in [2.24, 2.45) is 4.99 Å². The van der Waals surface area contributed by atoms with Gasteiger partial charge in [0, 0.05) is 29.0 Å². The van der Waals surface area contributed by atoms with Crippen molar-refractivity contribution in [1.29, 1.82) is 0 Å². The fourth-order valence-electron chi connectivity index (χ4n) is 3.49. The molecular formula is C24H17N3O2. The van der Waals surface area contributed by atoms with Crippen molar-refractivity contribution in [3.05, 3.63) is 90.6 Å². The Morgan fingerprint density at radius 3 is 2.52 bits per heavy atom. The van der Waals surface area contributed by atoms with Crippen molar-refractivity contribution in [1.82, 2.24) is 4.98 Å². The van der Waals surface area contributed by atoms with Crippen LogP contribution in [0.4, 0.5) is 11.4 Å². The topological polar surface area (TPSA) is 63.6 Å². The summed E-state index contributed by atoms with van der Waals surface area (Å²) >= 11 is 0. The molecule has 1 aliphatic rings. The Balaban J connectivity index is 1.40. The van der Waals surface area contributed by atoms with E-state index >= 15 is 0 Å². The Hall–Kier alpha value is -3.99. The highest BCUT2D eigenvalue weighted by atomic mass is 16.5. The monoisotopic (exact) mass is 379 g/mol. The SMILES string of the molecule is O=C1Nc2ccc3ncccc3c2C1C=Nc1ccc(Oc2ccccc2)cc1. The van der Waals surface area contributed by atoms with Gasteiger partial charge in [0.05, 0.1) is 11.2 Å². The molecule has 1 amide bonds. The quantitative estimate of drug-likeness (QED) is 0.479.